The van der Waals surface area contributed by atoms with Crippen LogP contribution in [0.25, 0.3) is 10.9 Å². The van der Waals surface area contributed by atoms with E-state index in [-0.39, 0.29) is 24.2 Å². The number of rotatable bonds is 8. The van der Waals surface area contributed by atoms with Gasteiger partial charge >= 0.3 is 0 Å². The first-order valence-corrected chi connectivity index (χ1v) is 11.3. The Morgan fingerprint density at radius 2 is 1.70 bits per heavy atom. The molecule has 0 aliphatic carbocycles. The maximum absolute atomic E-state index is 13.6. The lowest BCUT2D eigenvalue weighted by Crippen LogP contribution is -2.39. The highest BCUT2D eigenvalue weighted by molar-refractivity contribution is 6.12. The summed E-state index contributed by atoms with van der Waals surface area (Å²) in [6, 6.07) is 24.7. The van der Waals surface area contributed by atoms with Crippen molar-refractivity contribution < 1.29 is 14.3 Å². The van der Waals surface area contributed by atoms with Crippen LogP contribution in [-0.4, -0.2) is 40.6 Å². The number of fused-ring (bicyclic) bond motifs is 1. The summed E-state index contributed by atoms with van der Waals surface area (Å²) in [4.78, 5) is 31.7. The second kappa shape index (κ2) is 9.43. The molecule has 1 fully saturated rings. The van der Waals surface area contributed by atoms with Gasteiger partial charge in [-0.1, -0.05) is 66.7 Å². The van der Waals surface area contributed by atoms with E-state index in [1.807, 2.05) is 83.8 Å². The van der Waals surface area contributed by atoms with E-state index >= 15 is 0 Å². The minimum absolute atomic E-state index is 0.0374. The van der Waals surface area contributed by atoms with Gasteiger partial charge in [-0.05, 0) is 37.1 Å². The SMILES string of the molecule is O=C(CN1CCC[C@@H]1C(=O)c1c[nH]c2cccc(OCc3ccccc3)c12)c1ccccc1. The number of nitrogens with zero attached hydrogens (tertiary/aromatic N) is 1. The smallest absolute Gasteiger partial charge is 0.182 e. The lowest BCUT2D eigenvalue weighted by atomic mass is 10.0. The van der Waals surface area contributed by atoms with Gasteiger partial charge in [0.2, 0.25) is 0 Å². The zero-order valence-corrected chi connectivity index (χ0v) is 18.4. The third-order valence-electron chi connectivity index (χ3n) is 6.28. The van der Waals surface area contributed by atoms with Crippen molar-refractivity contribution >= 4 is 22.5 Å². The van der Waals surface area contributed by atoms with Gasteiger partial charge in [0.25, 0.3) is 0 Å². The summed E-state index contributed by atoms with van der Waals surface area (Å²) in [6.07, 6.45) is 3.43. The molecule has 0 amide bonds. The van der Waals surface area contributed by atoms with Gasteiger partial charge in [-0.15, -0.1) is 0 Å². The molecule has 0 spiro atoms. The van der Waals surface area contributed by atoms with E-state index in [0.29, 0.717) is 23.5 Å². The maximum atomic E-state index is 13.6. The molecule has 0 bridgehead atoms. The minimum Gasteiger partial charge on any atom is -0.488 e. The Labute approximate surface area is 193 Å². The zero-order valence-electron chi connectivity index (χ0n) is 18.4. The Kier molecular flexibility index (Phi) is 6.05. The van der Waals surface area contributed by atoms with Crippen molar-refractivity contribution in [2.45, 2.75) is 25.5 Å². The fraction of sp³-hybridized carbons (Fsp3) is 0.214. The zero-order chi connectivity index (χ0) is 22.6. The molecule has 33 heavy (non-hydrogen) atoms. The number of carbonyl (C=O) groups excluding carboxylic acids is 2. The summed E-state index contributed by atoms with van der Waals surface area (Å²) in [7, 11) is 0. The number of likely N-dealkylation sites (tertiary alicyclic amines) is 1. The number of H-pyrrole nitrogens is 1. The minimum atomic E-state index is -0.307. The number of hydrogen-bond donors (Lipinski definition) is 1. The van der Waals surface area contributed by atoms with Gasteiger partial charge in [0.1, 0.15) is 12.4 Å². The molecule has 1 N–H and O–H groups in total. The van der Waals surface area contributed by atoms with Gasteiger partial charge in [0.05, 0.1) is 18.0 Å². The predicted molar refractivity (Wildman–Crippen MR) is 129 cm³/mol. The molecule has 0 unspecified atom stereocenters. The number of benzene rings is 3. The topological polar surface area (TPSA) is 62.4 Å². The molecule has 4 aromatic rings. The van der Waals surface area contributed by atoms with Gasteiger partial charge < -0.3 is 9.72 Å². The monoisotopic (exact) mass is 438 g/mol. The van der Waals surface area contributed by atoms with Crippen molar-refractivity contribution in [2.75, 3.05) is 13.1 Å². The number of ether oxygens (including phenoxy) is 1. The van der Waals surface area contributed by atoms with Gasteiger partial charge in [-0.2, -0.15) is 0 Å². The van der Waals surface area contributed by atoms with Crippen molar-refractivity contribution in [3.8, 4) is 5.75 Å². The summed E-state index contributed by atoms with van der Waals surface area (Å²) < 4.78 is 6.13. The molecule has 1 aromatic heterocycles. The molecular formula is C28H26N2O3. The first-order chi connectivity index (χ1) is 16.2. The first-order valence-electron chi connectivity index (χ1n) is 11.3. The molecule has 0 radical (unpaired) electrons. The van der Waals surface area contributed by atoms with Crippen molar-refractivity contribution in [3.05, 3.63) is 102 Å². The molecular weight excluding hydrogens is 412 g/mol. The maximum Gasteiger partial charge on any atom is 0.182 e. The Bertz CT molecular complexity index is 1260. The molecule has 2 heterocycles. The van der Waals surface area contributed by atoms with Crippen LogP contribution in [-0.2, 0) is 6.61 Å². The van der Waals surface area contributed by atoms with Crippen LogP contribution in [0.3, 0.4) is 0 Å². The second-order valence-corrected chi connectivity index (χ2v) is 8.44. The number of Topliss-reactive ketones (excluding diaryl/α,β-unsaturated/α-hetero) is 2. The van der Waals surface area contributed by atoms with E-state index in [9.17, 15) is 9.59 Å². The van der Waals surface area contributed by atoms with E-state index in [4.69, 9.17) is 4.74 Å². The van der Waals surface area contributed by atoms with E-state index in [0.717, 1.165) is 35.9 Å². The normalized spacial score (nSPS) is 16.2. The van der Waals surface area contributed by atoms with Crippen LogP contribution in [0, 0.1) is 0 Å². The van der Waals surface area contributed by atoms with Crippen LogP contribution >= 0.6 is 0 Å². The van der Waals surface area contributed by atoms with Gasteiger partial charge in [-0.3, -0.25) is 14.5 Å². The van der Waals surface area contributed by atoms with Crippen LogP contribution in [0.2, 0.25) is 0 Å². The molecule has 5 heteroatoms. The molecule has 166 valence electrons. The van der Waals surface area contributed by atoms with Crippen LogP contribution in [0.1, 0.15) is 39.1 Å². The van der Waals surface area contributed by atoms with Crippen LogP contribution < -0.4 is 4.74 Å². The lowest BCUT2D eigenvalue weighted by Gasteiger charge is -2.22. The Balaban J connectivity index is 1.38. The average Bonchev–Trinajstić information content (AvgIpc) is 3.51. The van der Waals surface area contributed by atoms with Crippen LogP contribution in [0.15, 0.2) is 85.1 Å². The second-order valence-electron chi connectivity index (χ2n) is 8.44. The number of aromatic nitrogens is 1. The summed E-state index contributed by atoms with van der Waals surface area (Å²) in [6.45, 7) is 1.43. The molecule has 1 atom stereocenters. The molecule has 1 aliphatic heterocycles. The van der Waals surface area contributed by atoms with E-state index in [1.165, 1.54) is 0 Å². The fourth-order valence-corrected chi connectivity index (χ4v) is 4.59. The van der Waals surface area contributed by atoms with Crippen molar-refractivity contribution in [1.82, 2.24) is 9.88 Å². The number of nitrogens with one attached hydrogen (secondary N) is 1. The van der Waals surface area contributed by atoms with Crippen molar-refractivity contribution in [2.24, 2.45) is 0 Å². The number of ketones is 2. The quantitative estimate of drug-likeness (QED) is 0.380. The number of carbonyl (C=O) groups is 2. The van der Waals surface area contributed by atoms with Gasteiger partial charge in [0.15, 0.2) is 11.6 Å². The van der Waals surface area contributed by atoms with Crippen LogP contribution in [0.5, 0.6) is 5.75 Å². The summed E-state index contributed by atoms with van der Waals surface area (Å²) >= 11 is 0. The summed E-state index contributed by atoms with van der Waals surface area (Å²) in [5.41, 5.74) is 3.24. The molecule has 5 nitrogen and oxygen atoms in total. The molecule has 5 rings (SSSR count). The van der Waals surface area contributed by atoms with E-state index < -0.39 is 0 Å². The highest BCUT2D eigenvalue weighted by Crippen LogP contribution is 2.32. The van der Waals surface area contributed by atoms with Crippen molar-refractivity contribution in [1.29, 1.82) is 0 Å². The largest absolute Gasteiger partial charge is 0.488 e. The summed E-state index contributed by atoms with van der Waals surface area (Å²) in [5, 5.41) is 0.805. The Morgan fingerprint density at radius 1 is 0.939 bits per heavy atom. The standard InChI is InChI=1S/C28H26N2O3/c31-25(21-11-5-2-6-12-21)18-30-16-8-14-24(30)28(32)22-17-29-23-13-7-15-26(27(22)23)33-19-20-9-3-1-4-10-20/h1-7,9-13,15,17,24,29H,8,14,16,18-19H2/t24-/m1/s1. The van der Waals surface area contributed by atoms with Gasteiger partial charge in [0, 0.05) is 22.8 Å². The molecule has 3 aromatic carbocycles. The van der Waals surface area contributed by atoms with E-state index in [2.05, 4.69) is 4.98 Å². The molecule has 1 aliphatic rings. The number of aromatic amines is 1. The fourth-order valence-electron chi connectivity index (χ4n) is 4.59. The Morgan fingerprint density at radius 3 is 2.48 bits per heavy atom. The number of hydrogen-bond acceptors (Lipinski definition) is 4. The third-order valence-corrected chi connectivity index (χ3v) is 6.28. The average molecular weight is 439 g/mol. The summed E-state index contributed by atoms with van der Waals surface area (Å²) in [5.74, 6) is 0.766. The predicted octanol–water partition coefficient (Wildman–Crippen LogP) is 5.28. The Hall–Kier alpha value is -3.70. The molecule has 0 saturated carbocycles. The third kappa shape index (κ3) is 4.45. The highest BCUT2D eigenvalue weighted by atomic mass is 16.5. The lowest BCUT2D eigenvalue weighted by molar-refractivity contribution is 0.0824. The molecule has 1 saturated heterocycles. The van der Waals surface area contributed by atoms with Crippen LogP contribution in [0.4, 0.5) is 0 Å². The van der Waals surface area contributed by atoms with Gasteiger partial charge in [-0.25, -0.2) is 0 Å². The first kappa shape index (κ1) is 21.2. The van der Waals surface area contributed by atoms with E-state index in [1.54, 1.807) is 6.20 Å². The highest BCUT2D eigenvalue weighted by Gasteiger charge is 2.34. The van der Waals surface area contributed by atoms with Crippen molar-refractivity contribution in [3.63, 3.8) is 0 Å².